The molecule has 1 aromatic rings. The second-order valence-corrected chi connectivity index (χ2v) is 7.84. The smallest absolute Gasteiger partial charge is 0.341 e. The van der Waals surface area contributed by atoms with Crippen LogP contribution < -0.4 is 5.32 Å². The van der Waals surface area contributed by atoms with E-state index in [1.54, 1.807) is 13.0 Å². The first-order chi connectivity index (χ1) is 12.4. The van der Waals surface area contributed by atoms with Crippen LogP contribution in [0.3, 0.4) is 0 Å². The molecule has 144 valence electrons. The summed E-state index contributed by atoms with van der Waals surface area (Å²) in [6.45, 7) is 5.68. The fourth-order valence-electron chi connectivity index (χ4n) is 2.90. The van der Waals surface area contributed by atoms with E-state index in [4.69, 9.17) is 9.47 Å². The molecule has 0 unspecified atom stereocenters. The Morgan fingerprint density at radius 3 is 2.50 bits per heavy atom. The monoisotopic (exact) mass is 381 g/mol. The van der Waals surface area contributed by atoms with Gasteiger partial charge in [-0.3, -0.25) is 9.59 Å². The highest BCUT2D eigenvalue weighted by Crippen LogP contribution is 2.33. The van der Waals surface area contributed by atoms with E-state index in [-0.39, 0.29) is 31.0 Å². The minimum Gasteiger partial charge on any atom is -0.462 e. The molecule has 7 heteroatoms. The van der Waals surface area contributed by atoms with E-state index in [1.165, 1.54) is 11.3 Å². The quantitative estimate of drug-likeness (QED) is 0.719. The summed E-state index contributed by atoms with van der Waals surface area (Å²) in [6.07, 6.45) is 4.87. The molecule has 0 saturated heterocycles. The van der Waals surface area contributed by atoms with Gasteiger partial charge in [0.05, 0.1) is 18.1 Å². The van der Waals surface area contributed by atoms with Crippen LogP contribution in [0.4, 0.5) is 5.00 Å². The Labute approximate surface area is 158 Å². The Hall–Kier alpha value is -1.89. The Morgan fingerprint density at radius 2 is 1.88 bits per heavy atom. The van der Waals surface area contributed by atoms with Crippen molar-refractivity contribution < 1.29 is 23.9 Å². The zero-order valence-corrected chi connectivity index (χ0v) is 16.4. The summed E-state index contributed by atoms with van der Waals surface area (Å²) < 4.78 is 10.2. The van der Waals surface area contributed by atoms with Crippen molar-refractivity contribution in [3.63, 3.8) is 0 Å². The summed E-state index contributed by atoms with van der Waals surface area (Å²) >= 11 is 1.34. The molecule has 1 N–H and O–H groups in total. The van der Waals surface area contributed by atoms with Gasteiger partial charge in [-0.25, -0.2) is 4.79 Å². The largest absolute Gasteiger partial charge is 0.462 e. The van der Waals surface area contributed by atoms with Gasteiger partial charge in [-0.2, -0.15) is 0 Å². The average Bonchev–Trinajstić information content (AvgIpc) is 3.05. The molecule has 26 heavy (non-hydrogen) atoms. The third-order valence-corrected chi connectivity index (χ3v) is 5.70. The van der Waals surface area contributed by atoms with Gasteiger partial charge in [-0.05, 0) is 31.7 Å². The molecule has 0 spiro atoms. The standard InChI is InChI=1S/C19H27NO5S/c1-4-24-19(23)14-10-15(12(2)3)26-17(14)20-16(21)11-25-18(22)13-8-6-5-7-9-13/h10,12-13H,4-9,11H2,1-3H3,(H,20,21). The number of rotatable bonds is 7. The Kier molecular flexibility index (Phi) is 7.63. The Morgan fingerprint density at radius 1 is 1.19 bits per heavy atom. The van der Waals surface area contributed by atoms with Gasteiger partial charge >= 0.3 is 11.9 Å². The summed E-state index contributed by atoms with van der Waals surface area (Å²) in [5.74, 6) is -1.09. The number of thiophene rings is 1. The number of carbonyl (C=O) groups is 3. The summed E-state index contributed by atoms with van der Waals surface area (Å²) in [7, 11) is 0. The van der Waals surface area contributed by atoms with Crippen molar-refractivity contribution in [3.8, 4) is 0 Å². The van der Waals surface area contributed by atoms with E-state index >= 15 is 0 Å². The van der Waals surface area contributed by atoms with Crippen LogP contribution in [0.15, 0.2) is 6.07 Å². The topological polar surface area (TPSA) is 81.7 Å². The number of anilines is 1. The molecule has 0 aliphatic heterocycles. The minimum atomic E-state index is -0.467. The Balaban J connectivity index is 1.96. The van der Waals surface area contributed by atoms with Gasteiger partial charge in [-0.1, -0.05) is 33.1 Å². The van der Waals surface area contributed by atoms with Crippen LogP contribution in [0, 0.1) is 5.92 Å². The third-order valence-electron chi connectivity index (χ3n) is 4.35. The van der Waals surface area contributed by atoms with E-state index in [1.807, 2.05) is 13.8 Å². The molecule has 2 rings (SSSR count). The van der Waals surface area contributed by atoms with Crippen molar-refractivity contribution in [2.24, 2.45) is 5.92 Å². The van der Waals surface area contributed by atoms with Crippen LogP contribution >= 0.6 is 11.3 Å². The first-order valence-electron chi connectivity index (χ1n) is 9.19. The number of carbonyl (C=O) groups excluding carboxylic acids is 3. The lowest BCUT2D eigenvalue weighted by Crippen LogP contribution is -2.26. The van der Waals surface area contributed by atoms with Gasteiger partial charge in [0, 0.05) is 4.88 Å². The van der Waals surface area contributed by atoms with Crippen LogP contribution in [-0.2, 0) is 19.1 Å². The molecule has 0 aromatic carbocycles. The predicted molar refractivity (Wildman–Crippen MR) is 101 cm³/mol. The van der Waals surface area contributed by atoms with Crippen LogP contribution in [0.2, 0.25) is 0 Å². The van der Waals surface area contributed by atoms with Crippen molar-refractivity contribution in [3.05, 3.63) is 16.5 Å². The summed E-state index contributed by atoms with van der Waals surface area (Å²) in [5.41, 5.74) is 0.340. The lowest BCUT2D eigenvalue weighted by molar-refractivity contribution is -0.152. The van der Waals surface area contributed by atoms with Crippen LogP contribution in [0.25, 0.3) is 0 Å². The molecule has 0 atom stereocenters. The molecular formula is C19H27NO5S. The number of ether oxygens (including phenoxy) is 2. The van der Waals surface area contributed by atoms with Crippen LogP contribution in [0.5, 0.6) is 0 Å². The highest BCUT2D eigenvalue weighted by atomic mass is 32.1. The molecule has 1 fully saturated rings. The van der Waals surface area contributed by atoms with E-state index in [0.717, 1.165) is 37.0 Å². The lowest BCUT2D eigenvalue weighted by atomic mass is 9.89. The van der Waals surface area contributed by atoms with E-state index in [2.05, 4.69) is 5.32 Å². The molecule has 0 radical (unpaired) electrons. The van der Waals surface area contributed by atoms with Gasteiger partial charge < -0.3 is 14.8 Å². The maximum absolute atomic E-state index is 12.2. The number of esters is 2. The normalized spacial score (nSPS) is 14.9. The maximum Gasteiger partial charge on any atom is 0.341 e. The summed E-state index contributed by atoms with van der Waals surface area (Å²) in [4.78, 5) is 37.3. The molecule has 1 saturated carbocycles. The van der Waals surface area contributed by atoms with E-state index in [0.29, 0.717) is 10.6 Å². The molecule has 1 aliphatic rings. The van der Waals surface area contributed by atoms with Gasteiger partial charge in [0.15, 0.2) is 6.61 Å². The molecule has 0 bridgehead atoms. The zero-order valence-electron chi connectivity index (χ0n) is 15.6. The molecule has 1 heterocycles. The van der Waals surface area contributed by atoms with Crippen LogP contribution in [-0.4, -0.2) is 31.1 Å². The molecule has 1 aliphatic carbocycles. The fraction of sp³-hybridized carbons (Fsp3) is 0.632. The number of amides is 1. The number of nitrogens with one attached hydrogen (secondary N) is 1. The van der Waals surface area contributed by atoms with Crippen molar-refractivity contribution in [2.75, 3.05) is 18.5 Å². The second kappa shape index (κ2) is 9.71. The lowest BCUT2D eigenvalue weighted by Gasteiger charge is -2.19. The summed E-state index contributed by atoms with van der Waals surface area (Å²) in [6, 6.07) is 1.75. The Bertz CT molecular complexity index is 646. The summed E-state index contributed by atoms with van der Waals surface area (Å²) in [5, 5.41) is 3.12. The van der Waals surface area contributed by atoms with Gasteiger partial charge in [0.1, 0.15) is 5.00 Å². The first kappa shape index (κ1) is 20.4. The highest BCUT2D eigenvalue weighted by molar-refractivity contribution is 7.16. The first-order valence-corrected chi connectivity index (χ1v) is 10.0. The van der Waals surface area contributed by atoms with Gasteiger partial charge in [-0.15, -0.1) is 11.3 Å². The fourth-order valence-corrected chi connectivity index (χ4v) is 3.97. The third kappa shape index (κ3) is 5.56. The van der Waals surface area contributed by atoms with Crippen molar-refractivity contribution >= 4 is 34.2 Å². The predicted octanol–water partition coefficient (Wildman–Crippen LogP) is 4.11. The van der Waals surface area contributed by atoms with Crippen molar-refractivity contribution in [1.29, 1.82) is 0 Å². The molecular weight excluding hydrogens is 354 g/mol. The average molecular weight is 381 g/mol. The molecule has 1 aromatic heterocycles. The highest BCUT2D eigenvalue weighted by Gasteiger charge is 2.24. The maximum atomic E-state index is 12.2. The second-order valence-electron chi connectivity index (χ2n) is 6.76. The van der Waals surface area contributed by atoms with Gasteiger partial charge in [0.25, 0.3) is 5.91 Å². The zero-order chi connectivity index (χ0) is 19.1. The molecule has 1 amide bonds. The van der Waals surface area contributed by atoms with Crippen molar-refractivity contribution in [2.45, 2.75) is 58.8 Å². The van der Waals surface area contributed by atoms with E-state index in [9.17, 15) is 14.4 Å². The molecule has 6 nitrogen and oxygen atoms in total. The number of hydrogen-bond acceptors (Lipinski definition) is 6. The van der Waals surface area contributed by atoms with Crippen molar-refractivity contribution in [1.82, 2.24) is 0 Å². The number of hydrogen-bond donors (Lipinski definition) is 1. The van der Waals surface area contributed by atoms with Gasteiger partial charge in [0.2, 0.25) is 0 Å². The van der Waals surface area contributed by atoms with Crippen LogP contribution in [0.1, 0.15) is 74.0 Å². The SMILES string of the molecule is CCOC(=O)c1cc(C(C)C)sc1NC(=O)COC(=O)C1CCCCC1. The minimum absolute atomic E-state index is 0.0964. The van der Waals surface area contributed by atoms with E-state index < -0.39 is 11.9 Å².